The fourth-order valence-electron chi connectivity index (χ4n) is 3.68. The van der Waals surface area contributed by atoms with E-state index in [1.54, 1.807) is 30.0 Å². The lowest BCUT2D eigenvalue weighted by Gasteiger charge is -2.33. The number of carbonyl (C=O) groups is 3. The summed E-state index contributed by atoms with van der Waals surface area (Å²) < 4.78 is 18.8. The third-order valence-corrected chi connectivity index (χ3v) is 6.36. The second-order valence-electron chi connectivity index (χ2n) is 7.65. The zero-order valence-electron chi connectivity index (χ0n) is 17.6. The Morgan fingerprint density at radius 2 is 2.03 bits per heavy atom. The van der Waals surface area contributed by atoms with Gasteiger partial charge in [0.15, 0.2) is 0 Å². The molecule has 3 rings (SSSR count). The molecule has 0 aliphatic carbocycles. The van der Waals surface area contributed by atoms with Crippen molar-refractivity contribution in [3.8, 4) is 0 Å². The normalized spacial score (nSPS) is 22.0. The van der Waals surface area contributed by atoms with Gasteiger partial charge >= 0.3 is 6.09 Å². The Morgan fingerprint density at radius 3 is 2.74 bits per heavy atom. The highest BCUT2D eigenvalue weighted by atomic mass is 32.2. The summed E-state index contributed by atoms with van der Waals surface area (Å²) in [5, 5.41) is 9.09. The Labute approximate surface area is 185 Å². The van der Waals surface area contributed by atoms with Crippen LogP contribution in [0.2, 0.25) is 0 Å². The third-order valence-electron chi connectivity index (χ3n) is 5.29. The highest BCUT2D eigenvalue weighted by Gasteiger charge is 2.29. The Hall–Kier alpha value is -2.33. The molecule has 0 radical (unpaired) electrons. The predicted octanol–water partition coefficient (Wildman–Crippen LogP) is 1.95. The molecule has 0 aromatic heterocycles. The van der Waals surface area contributed by atoms with Crippen molar-refractivity contribution in [3.63, 3.8) is 0 Å². The number of thioether (sulfide) groups is 1. The maximum Gasteiger partial charge on any atom is 0.409 e. The molecule has 1 aromatic carbocycles. The smallest absolute Gasteiger partial charge is 0.409 e. The molecular formula is C21H29FN4O4S. The summed E-state index contributed by atoms with van der Waals surface area (Å²) in [5.74, 6) is -0.130. The van der Waals surface area contributed by atoms with E-state index < -0.39 is 0 Å². The first-order valence-electron chi connectivity index (χ1n) is 10.6. The average Bonchev–Trinajstić information content (AvgIpc) is 2.73. The molecule has 2 atom stereocenters. The van der Waals surface area contributed by atoms with E-state index in [4.69, 9.17) is 4.74 Å². The largest absolute Gasteiger partial charge is 0.450 e. The van der Waals surface area contributed by atoms with Crippen LogP contribution in [0.4, 0.5) is 9.18 Å². The molecule has 2 saturated heterocycles. The van der Waals surface area contributed by atoms with Crippen LogP contribution in [0.25, 0.3) is 0 Å². The first-order chi connectivity index (χ1) is 14.9. The zero-order chi connectivity index (χ0) is 22.2. The zero-order valence-corrected chi connectivity index (χ0v) is 18.4. The van der Waals surface area contributed by atoms with E-state index in [1.807, 2.05) is 0 Å². The van der Waals surface area contributed by atoms with Gasteiger partial charge in [-0.3, -0.25) is 14.9 Å². The maximum absolute atomic E-state index is 13.8. The van der Waals surface area contributed by atoms with Gasteiger partial charge in [0, 0.05) is 43.8 Å². The standard InChI is InChI=1S/C21H29FN4O4S/c1-2-30-21(29)26-9-7-15(8-10-26)23-18(27)11-16-12-19(28)25-20(24-16)31-13-14-5-3-4-6-17(14)22/h3-6,15-16,20,24H,2,7-13H2,1H3,(H,23,27)(H,25,28). The summed E-state index contributed by atoms with van der Waals surface area (Å²) >= 11 is 1.38. The number of hydrogen-bond donors (Lipinski definition) is 3. The van der Waals surface area contributed by atoms with Gasteiger partial charge in [-0.05, 0) is 31.4 Å². The lowest BCUT2D eigenvalue weighted by atomic mass is 10.0. The van der Waals surface area contributed by atoms with Crippen LogP contribution in [-0.2, 0) is 20.1 Å². The van der Waals surface area contributed by atoms with Gasteiger partial charge in [0.05, 0.1) is 6.61 Å². The van der Waals surface area contributed by atoms with Crippen LogP contribution in [0, 0.1) is 5.82 Å². The molecule has 2 unspecified atom stereocenters. The third kappa shape index (κ3) is 7.10. The number of piperidine rings is 1. The van der Waals surface area contributed by atoms with Crippen molar-refractivity contribution < 1.29 is 23.5 Å². The van der Waals surface area contributed by atoms with Gasteiger partial charge in [-0.25, -0.2) is 9.18 Å². The van der Waals surface area contributed by atoms with Gasteiger partial charge in [0.1, 0.15) is 11.3 Å². The summed E-state index contributed by atoms with van der Waals surface area (Å²) in [7, 11) is 0. The number of nitrogens with zero attached hydrogens (tertiary/aromatic N) is 1. The van der Waals surface area contributed by atoms with Crippen LogP contribution < -0.4 is 16.0 Å². The molecule has 3 N–H and O–H groups in total. The van der Waals surface area contributed by atoms with Gasteiger partial charge in [0.25, 0.3) is 0 Å². The van der Waals surface area contributed by atoms with E-state index in [1.165, 1.54) is 17.8 Å². The van der Waals surface area contributed by atoms with E-state index in [-0.39, 0.29) is 54.1 Å². The van der Waals surface area contributed by atoms with E-state index in [9.17, 15) is 18.8 Å². The Bertz CT molecular complexity index is 788. The molecule has 2 heterocycles. The number of nitrogens with one attached hydrogen (secondary N) is 3. The van der Waals surface area contributed by atoms with Gasteiger partial charge in [-0.2, -0.15) is 0 Å². The molecule has 1 aromatic rings. The first kappa shape index (κ1) is 23.3. The number of amides is 3. The molecular weight excluding hydrogens is 423 g/mol. The monoisotopic (exact) mass is 452 g/mol. The summed E-state index contributed by atoms with van der Waals surface area (Å²) in [6.45, 7) is 3.20. The minimum absolute atomic E-state index is 0.00169. The van der Waals surface area contributed by atoms with Crippen molar-refractivity contribution in [1.29, 1.82) is 0 Å². The van der Waals surface area contributed by atoms with Gasteiger partial charge < -0.3 is 20.3 Å². The van der Waals surface area contributed by atoms with Gasteiger partial charge in [-0.15, -0.1) is 11.8 Å². The number of hydrogen-bond acceptors (Lipinski definition) is 6. The predicted molar refractivity (Wildman–Crippen MR) is 116 cm³/mol. The second-order valence-corrected chi connectivity index (χ2v) is 8.74. The summed E-state index contributed by atoms with van der Waals surface area (Å²) in [6, 6.07) is 6.25. The first-order valence-corrected chi connectivity index (χ1v) is 11.6. The van der Waals surface area contributed by atoms with Crippen molar-refractivity contribution >= 4 is 29.7 Å². The van der Waals surface area contributed by atoms with Crippen LogP contribution in [0.15, 0.2) is 24.3 Å². The Morgan fingerprint density at radius 1 is 1.29 bits per heavy atom. The Balaban J connectivity index is 1.42. The SMILES string of the molecule is CCOC(=O)N1CCC(NC(=O)CC2CC(=O)NC(SCc3ccccc3F)N2)CC1. The molecule has 3 amide bonds. The number of benzene rings is 1. The lowest BCUT2D eigenvalue weighted by molar-refractivity contribution is -0.125. The highest BCUT2D eigenvalue weighted by Crippen LogP contribution is 2.21. The fraction of sp³-hybridized carbons (Fsp3) is 0.571. The summed E-state index contributed by atoms with van der Waals surface area (Å²) in [5.41, 5.74) is 0.184. The molecule has 2 aliphatic rings. The van der Waals surface area contributed by atoms with Crippen LogP contribution in [0.5, 0.6) is 0 Å². The molecule has 0 saturated carbocycles. The molecule has 2 fully saturated rings. The van der Waals surface area contributed by atoms with Crippen molar-refractivity contribution in [1.82, 2.24) is 20.9 Å². The van der Waals surface area contributed by atoms with E-state index >= 15 is 0 Å². The van der Waals surface area contributed by atoms with Crippen LogP contribution in [-0.4, -0.2) is 60.1 Å². The molecule has 0 spiro atoms. The van der Waals surface area contributed by atoms with Crippen molar-refractivity contribution in [2.75, 3.05) is 19.7 Å². The lowest BCUT2D eigenvalue weighted by Crippen LogP contribution is -2.56. The van der Waals surface area contributed by atoms with Crippen molar-refractivity contribution in [2.45, 2.75) is 55.9 Å². The topological polar surface area (TPSA) is 99.8 Å². The van der Waals surface area contributed by atoms with Crippen LogP contribution in [0.3, 0.4) is 0 Å². The van der Waals surface area contributed by atoms with Crippen molar-refractivity contribution in [2.24, 2.45) is 0 Å². The molecule has 8 nitrogen and oxygen atoms in total. The number of carbonyl (C=O) groups excluding carboxylic acids is 3. The van der Waals surface area contributed by atoms with E-state index in [0.717, 1.165) is 0 Å². The minimum Gasteiger partial charge on any atom is -0.450 e. The summed E-state index contributed by atoms with van der Waals surface area (Å²) in [6.07, 6.45) is 1.42. The minimum atomic E-state index is -0.383. The quantitative estimate of drug-likeness (QED) is 0.585. The number of ether oxygens (including phenoxy) is 1. The average molecular weight is 453 g/mol. The van der Waals surface area contributed by atoms with Crippen LogP contribution >= 0.6 is 11.8 Å². The van der Waals surface area contributed by atoms with Crippen LogP contribution in [0.1, 0.15) is 38.2 Å². The fourth-order valence-corrected chi connectivity index (χ4v) is 4.77. The second kappa shape index (κ2) is 11.3. The van der Waals surface area contributed by atoms with E-state index in [0.29, 0.717) is 43.9 Å². The van der Waals surface area contributed by atoms with Gasteiger partial charge in [0.2, 0.25) is 11.8 Å². The number of likely N-dealkylation sites (tertiary alicyclic amines) is 1. The van der Waals surface area contributed by atoms with E-state index in [2.05, 4.69) is 16.0 Å². The van der Waals surface area contributed by atoms with Crippen molar-refractivity contribution in [3.05, 3.63) is 35.6 Å². The molecule has 0 bridgehead atoms. The highest BCUT2D eigenvalue weighted by molar-refractivity contribution is 7.99. The number of rotatable bonds is 7. The molecule has 31 heavy (non-hydrogen) atoms. The maximum atomic E-state index is 13.8. The Kier molecular flexibility index (Phi) is 8.53. The molecule has 170 valence electrons. The van der Waals surface area contributed by atoms with Gasteiger partial charge in [-0.1, -0.05) is 18.2 Å². The molecule has 2 aliphatic heterocycles. The molecule has 10 heteroatoms. The summed E-state index contributed by atoms with van der Waals surface area (Å²) in [4.78, 5) is 38.0. The number of halogens is 1.